The molecule has 1 aliphatic rings. The second kappa shape index (κ2) is 8.61. The summed E-state index contributed by atoms with van der Waals surface area (Å²) in [7, 11) is 1.41. The van der Waals surface area contributed by atoms with Crippen LogP contribution in [0.15, 0.2) is 33.7 Å². The second-order valence-electron chi connectivity index (χ2n) is 6.68. The minimum Gasteiger partial charge on any atom is -0.469 e. The number of likely N-dealkylation sites (tertiary alicyclic amines) is 1. The molecule has 144 valence electrons. The molecule has 0 unspecified atom stereocenters. The van der Waals surface area contributed by atoms with Crippen LogP contribution in [0, 0.1) is 19.8 Å². The number of piperidine rings is 1. The van der Waals surface area contributed by atoms with Crippen molar-refractivity contribution in [1.82, 2.24) is 10.1 Å². The Bertz CT molecular complexity index is 806. The Kier molecular flexibility index (Phi) is 6.21. The van der Waals surface area contributed by atoms with Crippen molar-refractivity contribution in [2.45, 2.75) is 37.3 Å². The van der Waals surface area contributed by atoms with E-state index in [0.717, 1.165) is 21.9 Å². The van der Waals surface area contributed by atoms with E-state index in [2.05, 4.69) is 5.16 Å². The lowest BCUT2D eigenvalue weighted by atomic mass is 9.96. The number of amides is 1. The molecule has 7 heteroatoms. The van der Waals surface area contributed by atoms with E-state index >= 15 is 0 Å². The summed E-state index contributed by atoms with van der Waals surface area (Å²) in [5.74, 6) is 1.24. The molecule has 0 bridgehead atoms. The lowest BCUT2D eigenvalue weighted by Crippen LogP contribution is -2.40. The number of esters is 1. The number of hydrogen-bond acceptors (Lipinski definition) is 6. The molecule has 3 rings (SSSR count). The monoisotopic (exact) mass is 388 g/mol. The zero-order chi connectivity index (χ0) is 19.4. The molecule has 0 radical (unpaired) electrons. The number of carbonyl (C=O) groups excluding carboxylic acids is 2. The number of hydrogen-bond donors (Lipinski definition) is 0. The van der Waals surface area contributed by atoms with Crippen molar-refractivity contribution in [3.63, 3.8) is 0 Å². The van der Waals surface area contributed by atoms with Gasteiger partial charge in [-0.25, -0.2) is 0 Å². The summed E-state index contributed by atoms with van der Waals surface area (Å²) in [5.41, 5.74) is 2.65. The predicted molar refractivity (Wildman–Crippen MR) is 103 cm³/mol. The molecule has 2 heterocycles. The largest absolute Gasteiger partial charge is 0.469 e. The fraction of sp³-hybridized carbons (Fsp3) is 0.450. The SMILES string of the molecule is COC(=O)C1CCN(C(=O)c2ccccc2SCc2c(C)noc2C)CC1. The maximum absolute atomic E-state index is 13.0. The third-order valence-electron chi connectivity index (χ3n) is 4.99. The molecule has 2 aromatic rings. The molecule has 1 aliphatic heterocycles. The lowest BCUT2D eigenvalue weighted by Gasteiger charge is -2.31. The molecule has 27 heavy (non-hydrogen) atoms. The highest BCUT2D eigenvalue weighted by molar-refractivity contribution is 7.98. The van der Waals surface area contributed by atoms with Gasteiger partial charge in [-0.1, -0.05) is 17.3 Å². The topological polar surface area (TPSA) is 72.6 Å². The second-order valence-corrected chi connectivity index (χ2v) is 7.69. The van der Waals surface area contributed by atoms with Crippen molar-refractivity contribution in [2.24, 2.45) is 5.92 Å². The standard InChI is InChI=1S/C20H24N2O4S/c1-13-17(14(2)26-21-13)12-27-18-7-5-4-6-16(18)19(23)22-10-8-15(9-11-22)20(24)25-3/h4-7,15H,8-12H2,1-3H3. The summed E-state index contributed by atoms with van der Waals surface area (Å²) in [4.78, 5) is 27.5. The van der Waals surface area contributed by atoms with Crippen LogP contribution in [0.4, 0.5) is 0 Å². The predicted octanol–water partition coefficient (Wildman–Crippen LogP) is 3.61. The van der Waals surface area contributed by atoms with Crippen LogP contribution in [-0.2, 0) is 15.3 Å². The highest BCUT2D eigenvalue weighted by Crippen LogP contribution is 2.30. The van der Waals surface area contributed by atoms with Gasteiger partial charge in [0, 0.05) is 29.3 Å². The maximum Gasteiger partial charge on any atom is 0.308 e. The number of carbonyl (C=O) groups is 2. The van der Waals surface area contributed by atoms with Gasteiger partial charge in [-0.2, -0.15) is 0 Å². The van der Waals surface area contributed by atoms with Crippen LogP contribution < -0.4 is 0 Å². The molecule has 1 aromatic heterocycles. The molecule has 0 spiro atoms. The summed E-state index contributed by atoms with van der Waals surface area (Å²) in [6, 6.07) is 7.66. The Hall–Kier alpha value is -2.28. The minimum absolute atomic E-state index is 0.0141. The van der Waals surface area contributed by atoms with Crippen LogP contribution in [0.25, 0.3) is 0 Å². The van der Waals surface area contributed by atoms with Gasteiger partial charge in [0.15, 0.2) is 0 Å². The maximum atomic E-state index is 13.0. The third-order valence-corrected chi connectivity index (χ3v) is 6.09. The first-order valence-electron chi connectivity index (χ1n) is 9.02. The average molecular weight is 388 g/mol. The number of thioether (sulfide) groups is 1. The van der Waals surface area contributed by atoms with E-state index in [-0.39, 0.29) is 17.8 Å². The smallest absolute Gasteiger partial charge is 0.308 e. The zero-order valence-corrected chi connectivity index (χ0v) is 16.7. The Morgan fingerprint density at radius 2 is 1.96 bits per heavy atom. The third kappa shape index (κ3) is 4.35. The number of aryl methyl sites for hydroxylation is 2. The van der Waals surface area contributed by atoms with Crippen molar-refractivity contribution in [1.29, 1.82) is 0 Å². The van der Waals surface area contributed by atoms with Gasteiger partial charge < -0.3 is 14.2 Å². The van der Waals surface area contributed by atoms with Crippen LogP contribution >= 0.6 is 11.8 Å². The fourth-order valence-corrected chi connectivity index (χ4v) is 4.48. The van der Waals surface area contributed by atoms with Gasteiger partial charge in [0.05, 0.1) is 24.3 Å². The summed E-state index contributed by atoms with van der Waals surface area (Å²) < 4.78 is 10.0. The summed E-state index contributed by atoms with van der Waals surface area (Å²) >= 11 is 1.61. The highest BCUT2D eigenvalue weighted by atomic mass is 32.2. The Morgan fingerprint density at radius 3 is 2.59 bits per heavy atom. The van der Waals surface area contributed by atoms with Crippen LogP contribution in [0.3, 0.4) is 0 Å². The first-order chi connectivity index (χ1) is 13.0. The molecule has 0 aliphatic carbocycles. The molecule has 1 aromatic carbocycles. The number of benzene rings is 1. The average Bonchev–Trinajstić information content (AvgIpc) is 3.03. The van der Waals surface area contributed by atoms with Crippen molar-refractivity contribution < 1.29 is 18.8 Å². The summed E-state index contributed by atoms with van der Waals surface area (Å²) in [6.45, 7) is 4.97. The zero-order valence-electron chi connectivity index (χ0n) is 15.9. The van der Waals surface area contributed by atoms with Crippen LogP contribution in [-0.4, -0.2) is 42.1 Å². The van der Waals surface area contributed by atoms with Crippen LogP contribution in [0.5, 0.6) is 0 Å². The number of nitrogens with zero attached hydrogens (tertiary/aromatic N) is 2. The first kappa shape index (κ1) is 19.5. The molecule has 0 atom stereocenters. The van der Waals surface area contributed by atoms with E-state index in [1.165, 1.54) is 7.11 Å². The molecule has 0 saturated carbocycles. The molecule has 1 fully saturated rings. The fourth-order valence-electron chi connectivity index (χ4n) is 3.28. The van der Waals surface area contributed by atoms with Gasteiger partial charge in [0.1, 0.15) is 5.76 Å². The number of methoxy groups -OCH3 is 1. The van der Waals surface area contributed by atoms with E-state index in [1.807, 2.05) is 43.0 Å². The highest BCUT2D eigenvalue weighted by Gasteiger charge is 2.29. The normalized spacial score (nSPS) is 15.0. The summed E-state index contributed by atoms with van der Waals surface area (Å²) in [5, 5.41) is 3.99. The Morgan fingerprint density at radius 1 is 1.26 bits per heavy atom. The van der Waals surface area contributed by atoms with E-state index in [9.17, 15) is 9.59 Å². The van der Waals surface area contributed by atoms with Crippen LogP contribution in [0.1, 0.15) is 40.2 Å². The van der Waals surface area contributed by atoms with Crippen molar-refractivity contribution in [2.75, 3.05) is 20.2 Å². The molecule has 1 saturated heterocycles. The van der Waals surface area contributed by atoms with Gasteiger partial charge >= 0.3 is 5.97 Å². The van der Waals surface area contributed by atoms with Gasteiger partial charge in [0.2, 0.25) is 0 Å². The molecular weight excluding hydrogens is 364 g/mol. The number of aromatic nitrogens is 1. The van der Waals surface area contributed by atoms with Gasteiger partial charge in [-0.05, 0) is 38.8 Å². The van der Waals surface area contributed by atoms with Gasteiger partial charge in [-0.15, -0.1) is 11.8 Å². The van der Waals surface area contributed by atoms with Crippen molar-refractivity contribution in [3.05, 3.63) is 46.8 Å². The van der Waals surface area contributed by atoms with E-state index in [0.29, 0.717) is 37.2 Å². The van der Waals surface area contributed by atoms with Gasteiger partial charge in [-0.3, -0.25) is 9.59 Å². The molecular formula is C20H24N2O4S. The lowest BCUT2D eigenvalue weighted by molar-refractivity contribution is -0.146. The summed E-state index contributed by atoms with van der Waals surface area (Å²) in [6.07, 6.45) is 1.29. The van der Waals surface area contributed by atoms with E-state index in [1.54, 1.807) is 11.8 Å². The van der Waals surface area contributed by atoms with Crippen molar-refractivity contribution in [3.8, 4) is 0 Å². The van der Waals surface area contributed by atoms with Gasteiger partial charge in [0.25, 0.3) is 5.91 Å². The minimum atomic E-state index is -0.183. The Labute approximate surface area is 163 Å². The van der Waals surface area contributed by atoms with Crippen molar-refractivity contribution >= 4 is 23.6 Å². The van der Waals surface area contributed by atoms with E-state index in [4.69, 9.17) is 9.26 Å². The van der Waals surface area contributed by atoms with E-state index < -0.39 is 0 Å². The molecule has 6 nitrogen and oxygen atoms in total. The quantitative estimate of drug-likeness (QED) is 0.575. The number of rotatable bonds is 5. The Balaban J connectivity index is 1.68. The van der Waals surface area contributed by atoms with Crippen LogP contribution in [0.2, 0.25) is 0 Å². The molecule has 1 amide bonds. The number of ether oxygens (including phenoxy) is 1. The molecule has 0 N–H and O–H groups in total. The first-order valence-corrected chi connectivity index (χ1v) is 10.0.